The van der Waals surface area contributed by atoms with Crippen molar-refractivity contribution in [1.82, 2.24) is 0 Å². The molecule has 1 heterocycles. The number of hydrogen-bond acceptors (Lipinski definition) is 2. The van der Waals surface area contributed by atoms with Crippen LogP contribution in [-0.4, -0.2) is 11.6 Å². The third kappa shape index (κ3) is 1.16. The Morgan fingerprint density at radius 1 is 1.19 bits per heavy atom. The van der Waals surface area contributed by atoms with Gasteiger partial charge in [0, 0.05) is 17.4 Å². The van der Waals surface area contributed by atoms with Crippen LogP contribution in [0.2, 0.25) is 0 Å². The molecule has 0 bridgehead atoms. The maximum absolute atomic E-state index is 11.8. The van der Waals surface area contributed by atoms with E-state index < -0.39 is 5.60 Å². The van der Waals surface area contributed by atoms with Gasteiger partial charge in [0.1, 0.15) is 5.60 Å². The summed E-state index contributed by atoms with van der Waals surface area (Å²) >= 11 is 0. The molecule has 84 valence electrons. The second-order valence-electron chi connectivity index (χ2n) is 4.39. The molecule has 1 spiro atoms. The standard InChI is InChI=1S/C14H16O2/c1-5-7-11-12(8-6-2)14(16-13(11)15)9(3)10(14)4/h5-10H,1-2H2,3-4H3/b11-7+,12-8+. The fraction of sp³-hybridized carbons (Fsp3) is 0.357. The maximum atomic E-state index is 11.8. The van der Waals surface area contributed by atoms with Gasteiger partial charge in [-0.3, -0.25) is 0 Å². The Kier molecular flexibility index (Phi) is 2.38. The molecule has 2 unspecified atom stereocenters. The molecule has 0 aromatic heterocycles. The molecule has 1 aliphatic carbocycles. The zero-order valence-electron chi connectivity index (χ0n) is 9.69. The highest BCUT2D eigenvalue weighted by atomic mass is 16.6. The highest BCUT2D eigenvalue weighted by molar-refractivity contribution is 5.99. The molecule has 16 heavy (non-hydrogen) atoms. The number of allylic oxidation sites excluding steroid dienone is 4. The van der Waals surface area contributed by atoms with Gasteiger partial charge >= 0.3 is 5.97 Å². The van der Waals surface area contributed by atoms with E-state index in [1.165, 1.54) is 0 Å². The Morgan fingerprint density at radius 2 is 1.75 bits per heavy atom. The molecule has 2 nitrogen and oxygen atoms in total. The molecule has 0 N–H and O–H groups in total. The summed E-state index contributed by atoms with van der Waals surface area (Å²) in [6.07, 6.45) is 6.91. The van der Waals surface area contributed by atoms with E-state index in [9.17, 15) is 4.79 Å². The molecule has 1 saturated carbocycles. The first kappa shape index (κ1) is 10.9. The summed E-state index contributed by atoms with van der Waals surface area (Å²) in [5.74, 6) is 0.501. The van der Waals surface area contributed by atoms with Crippen molar-refractivity contribution in [3.63, 3.8) is 0 Å². The van der Waals surface area contributed by atoms with Gasteiger partial charge in [-0.25, -0.2) is 4.79 Å². The van der Waals surface area contributed by atoms with Crippen LogP contribution in [0.1, 0.15) is 13.8 Å². The minimum absolute atomic E-state index is 0.246. The molecule has 2 rings (SSSR count). The van der Waals surface area contributed by atoms with Crippen molar-refractivity contribution in [3.05, 3.63) is 48.6 Å². The number of rotatable bonds is 2. The van der Waals surface area contributed by atoms with Crippen LogP contribution in [-0.2, 0) is 9.53 Å². The van der Waals surface area contributed by atoms with Crippen molar-refractivity contribution in [1.29, 1.82) is 0 Å². The first-order valence-corrected chi connectivity index (χ1v) is 5.49. The van der Waals surface area contributed by atoms with Gasteiger partial charge in [-0.05, 0) is 6.08 Å². The van der Waals surface area contributed by atoms with E-state index in [-0.39, 0.29) is 5.97 Å². The third-order valence-electron chi connectivity index (χ3n) is 3.76. The lowest BCUT2D eigenvalue weighted by Gasteiger charge is -2.09. The van der Waals surface area contributed by atoms with Gasteiger partial charge in [0.15, 0.2) is 0 Å². The van der Waals surface area contributed by atoms with E-state index in [2.05, 4.69) is 27.0 Å². The highest BCUT2D eigenvalue weighted by Crippen LogP contribution is 2.62. The molecule has 1 aliphatic heterocycles. The van der Waals surface area contributed by atoms with E-state index in [1.54, 1.807) is 18.2 Å². The van der Waals surface area contributed by atoms with Gasteiger partial charge < -0.3 is 4.74 Å². The molecule has 2 atom stereocenters. The molecule has 2 fully saturated rings. The van der Waals surface area contributed by atoms with Crippen LogP contribution >= 0.6 is 0 Å². The van der Waals surface area contributed by atoms with Crippen LogP contribution in [0.4, 0.5) is 0 Å². The summed E-state index contributed by atoms with van der Waals surface area (Å²) in [6, 6.07) is 0. The molecule has 0 aromatic rings. The number of ether oxygens (including phenoxy) is 1. The average molecular weight is 216 g/mol. The van der Waals surface area contributed by atoms with Crippen molar-refractivity contribution < 1.29 is 9.53 Å². The van der Waals surface area contributed by atoms with Crippen molar-refractivity contribution in [2.24, 2.45) is 11.8 Å². The monoisotopic (exact) mass is 216 g/mol. The lowest BCUT2D eigenvalue weighted by Crippen LogP contribution is -2.14. The van der Waals surface area contributed by atoms with Gasteiger partial charge in [0.2, 0.25) is 0 Å². The van der Waals surface area contributed by atoms with Crippen LogP contribution in [0.5, 0.6) is 0 Å². The van der Waals surface area contributed by atoms with E-state index >= 15 is 0 Å². The summed E-state index contributed by atoms with van der Waals surface area (Å²) in [6.45, 7) is 11.5. The molecule has 1 saturated heterocycles. The Balaban J connectivity index is 2.51. The summed E-state index contributed by atoms with van der Waals surface area (Å²) in [5, 5.41) is 0. The molecule has 0 radical (unpaired) electrons. The summed E-state index contributed by atoms with van der Waals surface area (Å²) in [5.41, 5.74) is 1.17. The van der Waals surface area contributed by atoms with E-state index in [0.29, 0.717) is 17.4 Å². The number of esters is 1. The first-order valence-electron chi connectivity index (χ1n) is 5.49. The molecule has 2 heteroatoms. The van der Waals surface area contributed by atoms with Crippen molar-refractivity contribution in [3.8, 4) is 0 Å². The van der Waals surface area contributed by atoms with E-state index in [0.717, 1.165) is 5.57 Å². The first-order chi connectivity index (χ1) is 7.59. The second-order valence-corrected chi connectivity index (χ2v) is 4.39. The van der Waals surface area contributed by atoms with Gasteiger partial charge in [-0.2, -0.15) is 0 Å². The quantitative estimate of drug-likeness (QED) is 0.524. The zero-order valence-corrected chi connectivity index (χ0v) is 9.69. The topological polar surface area (TPSA) is 26.3 Å². The van der Waals surface area contributed by atoms with Crippen molar-refractivity contribution >= 4 is 5.97 Å². The van der Waals surface area contributed by atoms with Gasteiger partial charge in [0.25, 0.3) is 0 Å². The summed E-state index contributed by atoms with van der Waals surface area (Å²) < 4.78 is 5.54. The van der Waals surface area contributed by atoms with Gasteiger partial charge in [-0.15, -0.1) is 0 Å². The van der Waals surface area contributed by atoms with Gasteiger partial charge in [-0.1, -0.05) is 45.2 Å². The smallest absolute Gasteiger partial charge is 0.339 e. The Labute approximate surface area is 96.0 Å². The van der Waals surface area contributed by atoms with E-state index in [4.69, 9.17) is 4.74 Å². The summed E-state index contributed by atoms with van der Waals surface area (Å²) in [7, 11) is 0. The van der Waals surface area contributed by atoms with Crippen LogP contribution in [0, 0.1) is 11.8 Å². The minimum Gasteiger partial charge on any atom is -0.450 e. The SMILES string of the molecule is C=C/C=C1/C(=O)OC2(/C1=C/C=C)C(C)C2C. The number of hydrogen-bond donors (Lipinski definition) is 0. The highest BCUT2D eigenvalue weighted by Gasteiger charge is 2.69. The van der Waals surface area contributed by atoms with Crippen molar-refractivity contribution in [2.45, 2.75) is 19.4 Å². The molecule has 0 amide bonds. The fourth-order valence-corrected chi connectivity index (χ4v) is 2.61. The Hall–Kier alpha value is -1.57. The number of carbonyl (C=O) groups excluding carboxylic acids is 1. The fourth-order valence-electron chi connectivity index (χ4n) is 2.61. The second kappa shape index (κ2) is 3.48. The van der Waals surface area contributed by atoms with Crippen LogP contribution < -0.4 is 0 Å². The molecule has 2 aliphatic rings. The molecular formula is C14H16O2. The van der Waals surface area contributed by atoms with Crippen molar-refractivity contribution in [2.75, 3.05) is 0 Å². The Morgan fingerprint density at radius 3 is 2.19 bits per heavy atom. The maximum Gasteiger partial charge on any atom is 0.339 e. The van der Waals surface area contributed by atoms with Crippen LogP contribution in [0.25, 0.3) is 0 Å². The normalized spacial score (nSPS) is 41.5. The predicted molar refractivity (Wildman–Crippen MR) is 63.7 cm³/mol. The number of carbonyl (C=O) groups is 1. The minimum atomic E-state index is -0.403. The average Bonchev–Trinajstić information content (AvgIpc) is 2.65. The third-order valence-corrected chi connectivity index (χ3v) is 3.76. The van der Waals surface area contributed by atoms with Crippen LogP contribution in [0.3, 0.4) is 0 Å². The lowest BCUT2D eigenvalue weighted by atomic mass is 9.98. The molecule has 0 aromatic carbocycles. The summed E-state index contributed by atoms with van der Waals surface area (Å²) in [4.78, 5) is 11.8. The van der Waals surface area contributed by atoms with Crippen LogP contribution in [0.15, 0.2) is 48.6 Å². The van der Waals surface area contributed by atoms with Gasteiger partial charge in [0.05, 0.1) is 5.57 Å². The lowest BCUT2D eigenvalue weighted by molar-refractivity contribution is -0.140. The largest absolute Gasteiger partial charge is 0.450 e. The predicted octanol–water partition coefficient (Wildman–Crippen LogP) is 2.79. The zero-order chi connectivity index (χ0) is 11.9. The Bertz CT molecular complexity index is 418. The van der Waals surface area contributed by atoms with E-state index in [1.807, 2.05) is 6.08 Å². The molecular weight excluding hydrogens is 200 g/mol.